The molecule has 0 aliphatic rings. The molecule has 2 aromatic heterocycles. The maximum atomic E-state index is 12.4. The van der Waals surface area contributed by atoms with Crippen molar-refractivity contribution in [3.63, 3.8) is 0 Å². The molecule has 0 aliphatic heterocycles. The number of aromatic amines is 1. The molecule has 0 bridgehead atoms. The van der Waals surface area contributed by atoms with Crippen LogP contribution in [0.3, 0.4) is 0 Å². The van der Waals surface area contributed by atoms with E-state index in [4.69, 9.17) is 9.15 Å². The molecule has 2 N–H and O–H groups in total. The molecule has 1 aromatic carbocycles. The molecule has 2 heterocycles. The zero-order chi connectivity index (χ0) is 20.8. The van der Waals surface area contributed by atoms with Gasteiger partial charge >= 0.3 is 5.63 Å². The summed E-state index contributed by atoms with van der Waals surface area (Å²) in [6.07, 6.45) is 4.56. The Morgan fingerprint density at radius 3 is 2.90 bits per heavy atom. The molecular formula is C22H25N3O4. The van der Waals surface area contributed by atoms with Gasteiger partial charge in [0.1, 0.15) is 17.9 Å². The fourth-order valence-electron chi connectivity index (χ4n) is 3.04. The summed E-state index contributed by atoms with van der Waals surface area (Å²) in [4.78, 5) is 31.5. The van der Waals surface area contributed by atoms with E-state index >= 15 is 0 Å². The summed E-state index contributed by atoms with van der Waals surface area (Å²) in [6.45, 7) is 8.48. The number of fused-ring (bicyclic) bond motifs is 1. The topological polar surface area (TPSA) is 97.2 Å². The van der Waals surface area contributed by atoms with Gasteiger partial charge in [-0.1, -0.05) is 6.58 Å². The zero-order valence-electron chi connectivity index (χ0n) is 16.7. The van der Waals surface area contributed by atoms with Crippen molar-refractivity contribution in [1.82, 2.24) is 15.3 Å². The molecule has 7 nitrogen and oxygen atoms in total. The number of carbonyl (C=O) groups excluding carboxylic acids is 1. The highest BCUT2D eigenvalue weighted by Gasteiger charge is 2.14. The standard InChI is InChI=1S/C22H25N3O4/c1-14(2)12-28-17-4-5-18-15(3)19(22(27)29-20(18)10-17)6-7-21(26)24-9-8-16-11-23-13-25-16/h4-5,10-11,13H,1,6-9,12H2,2-3H3,(H,23,25)(H,24,26). The van der Waals surface area contributed by atoms with Gasteiger partial charge in [0.2, 0.25) is 5.91 Å². The Bertz CT molecular complexity index is 1070. The molecule has 0 spiro atoms. The van der Waals surface area contributed by atoms with Gasteiger partial charge in [-0.2, -0.15) is 0 Å². The smallest absolute Gasteiger partial charge is 0.339 e. The first-order valence-corrected chi connectivity index (χ1v) is 9.51. The van der Waals surface area contributed by atoms with Gasteiger partial charge in [0.25, 0.3) is 0 Å². The Balaban J connectivity index is 1.64. The average Bonchev–Trinajstić information content (AvgIpc) is 3.19. The van der Waals surface area contributed by atoms with E-state index in [1.807, 2.05) is 26.0 Å². The summed E-state index contributed by atoms with van der Waals surface area (Å²) in [5.41, 5.74) is 3.27. The van der Waals surface area contributed by atoms with E-state index < -0.39 is 5.63 Å². The predicted molar refractivity (Wildman–Crippen MR) is 111 cm³/mol. The number of nitrogens with zero attached hydrogens (tertiary/aromatic N) is 1. The summed E-state index contributed by atoms with van der Waals surface area (Å²) < 4.78 is 11.1. The second-order valence-electron chi connectivity index (χ2n) is 7.07. The molecular weight excluding hydrogens is 370 g/mol. The average molecular weight is 395 g/mol. The number of ether oxygens (including phenoxy) is 1. The first-order chi connectivity index (χ1) is 13.9. The number of nitrogens with one attached hydrogen (secondary N) is 2. The number of imidazole rings is 1. The number of hydrogen-bond acceptors (Lipinski definition) is 5. The van der Waals surface area contributed by atoms with Crippen LogP contribution in [0.15, 0.2) is 52.1 Å². The van der Waals surface area contributed by atoms with Crippen molar-refractivity contribution < 1.29 is 13.9 Å². The van der Waals surface area contributed by atoms with Gasteiger partial charge in [0, 0.05) is 48.3 Å². The number of benzene rings is 1. The van der Waals surface area contributed by atoms with Crippen LogP contribution >= 0.6 is 0 Å². The van der Waals surface area contributed by atoms with Crippen molar-refractivity contribution in [3.05, 3.63) is 70.1 Å². The molecule has 0 radical (unpaired) electrons. The molecule has 3 aromatic rings. The van der Waals surface area contributed by atoms with Crippen molar-refractivity contribution in [2.45, 2.75) is 33.1 Å². The van der Waals surface area contributed by atoms with Crippen LogP contribution in [0, 0.1) is 6.92 Å². The third-order valence-electron chi connectivity index (χ3n) is 4.62. The van der Waals surface area contributed by atoms with Crippen LogP contribution in [0.1, 0.15) is 30.2 Å². The number of amides is 1. The molecule has 0 saturated heterocycles. The Morgan fingerprint density at radius 2 is 2.17 bits per heavy atom. The van der Waals surface area contributed by atoms with E-state index in [0.29, 0.717) is 42.9 Å². The van der Waals surface area contributed by atoms with Gasteiger partial charge in [-0.05, 0) is 43.5 Å². The predicted octanol–water partition coefficient (Wildman–Crippen LogP) is 3.07. The SMILES string of the molecule is C=C(C)COc1ccc2c(C)c(CCC(=O)NCCc3cnc[nH]3)c(=O)oc2c1. The van der Waals surface area contributed by atoms with Gasteiger partial charge in [-0.15, -0.1) is 0 Å². The van der Waals surface area contributed by atoms with Gasteiger partial charge in [-0.25, -0.2) is 9.78 Å². The minimum Gasteiger partial charge on any atom is -0.489 e. The number of rotatable bonds is 9. The third kappa shape index (κ3) is 5.34. The number of aromatic nitrogens is 2. The lowest BCUT2D eigenvalue weighted by Crippen LogP contribution is -2.26. The summed E-state index contributed by atoms with van der Waals surface area (Å²) >= 11 is 0. The summed E-state index contributed by atoms with van der Waals surface area (Å²) in [7, 11) is 0. The fourth-order valence-corrected chi connectivity index (χ4v) is 3.04. The summed E-state index contributed by atoms with van der Waals surface area (Å²) in [6, 6.07) is 5.41. The maximum absolute atomic E-state index is 12.4. The Morgan fingerprint density at radius 1 is 1.34 bits per heavy atom. The molecule has 29 heavy (non-hydrogen) atoms. The quantitative estimate of drug-likeness (QED) is 0.429. The van der Waals surface area contributed by atoms with Gasteiger partial charge in [-0.3, -0.25) is 4.79 Å². The number of carbonyl (C=O) groups is 1. The minimum atomic E-state index is -0.419. The van der Waals surface area contributed by atoms with Crippen LogP contribution in [-0.2, 0) is 17.6 Å². The zero-order valence-corrected chi connectivity index (χ0v) is 16.7. The Kier molecular flexibility index (Phi) is 6.49. The van der Waals surface area contributed by atoms with E-state index in [1.165, 1.54) is 0 Å². The van der Waals surface area contributed by atoms with Crippen LogP contribution in [0.2, 0.25) is 0 Å². The molecule has 0 atom stereocenters. The van der Waals surface area contributed by atoms with E-state index in [9.17, 15) is 9.59 Å². The lowest BCUT2D eigenvalue weighted by atomic mass is 10.0. The molecule has 1 amide bonds. The molecule has 0 saturated carbocycles. The van der Waals surface area contributed by atoms with Gasteiger partial charge < -0.3 is 19.5 Å². The first-order valence-electron chi connectivity index (χ1n) is 9.51. The van der Waals surface area contributed by atoms with Crippen molar-refractivity contribution >= 4 is 16.9 Å². The van der Waals surface area contributed by atoms with Crippen molar-refractivity contribution in [2.24, 2.45) is 0 Å². The van der Waals surface area contributed by atoms with Gasteiger partial charge in [0.05, 0.1) is 6.33 Å². The van der Waals surface area contributed by atoms with Crippen molar-refractivity contribution in [1.29, 1.82) is 0 Å². The van der Waals surface area contributed by atoms with Crippen LogP contribution in [0.5, 0.6) is 5.75 Å². The van der Waals surface area contributed by atoms with Crippen LogP contribution in [0.4, 0.5) is 0 Å². The molecule has 0 aliphatic carbocycles. The van der Waals surface area contributed by atoms with E-state index in [1.54, 1.807) is 18.6 Å². The molecule has 7 heteroatoms. The highest BCUT2D eigenvalue weighted by molar-refractivity contribution is 5.82. The Labute approximate surface area is 168 Å². The number of H-pyrrole nitrogens is 1. The lowest BCUT2D eigenvalue weighted by Gasteiger charge is -2.10. The Hall–Kier alpha value is -3.35. The lowest BCUT2D eigenvalue weighted by molar-refractivity contribution is -0.121. The molecule has 0 fully saturated rings. The summed E-state index contributed by atoms with van der Waals surface area (Å²) in [5, 5.41) is 3.69. The van der Waals surface area contributed by atoms with E-state index in [2.05, 4.69) is 21.9 Å². The number of aryl methyl sites for hydroxylation is 1. The largest absolute Gasteiger partial charge is 0.489 e. The second-order valence-corrected chi connectivity index (χ2v) is 7.07. The minimum absolute atomic E-state index is 0.105. The highest BCUT2D eigenvalue weighted by atomic mass is 16.5. The maximum Gasteiger partial charge on any atom is 0.339 e. The first kappa shape index (κ1) is 20.4. The fraction of sp³-hybridized carbons (Fsp3) is 0.318. The molecule has 0 unspecified atom stereocenters. The molecule has 152 valence electrons. The van der Waals surface area contributed by atoms with E-state index in [0.717, 1.165) is 22.2 Å². The number of hydrogen-bond donors (Lipinski definition) is 2. The van der Waals surface area contributed by atoms with Crippen molar-refractivity contribution in [3.8, 4) is 5.75 Å². The third-order valence-corrected chi connectivity index (χ3v) is 4.62. The van der Waals surface area contributed by atoms with Crippen LogP contribution in [0.25, 0.3) is 11.0 Å². The van der Waals surface area contributed by atoms with Crippen LogP contribution < -0.4 is 15.7 Å². The summed E-state index contributed by atoms with van der Waals surface area (Å²) in [5.74, 6) is 0.513. The van der Waals surface area contributed by atoms with Crippen LogP contribution in [-0.4, -0.2) is 29.0 Å². The molecule has 3 rings (SSSR count). The normalized spacial score (nSPS) is 10.8. The monoisotopic (exact) mass is 395 g/mol. The van der Waals surface area contributed by atoms with Gasteiger partial charge in [0.15, 0.2) is 0 Å². The second kappa shape index (κ2) is 9.23. The van der Waals surface area contributed by atoms with E-state index in [-0.39, 0.29) is 12.3 Å². The highest BCUT2D eigenvalue weighted by Crippen LogP contribution is 2.25. The van der Waals surface area contributed by atoms with Crippen molar-refractivity contribution in [2.75, 3.05) is 13.2 Å².